The van der Waals surface area contributed by atoms with Crippen molar-refractivity contribution in [2.75, 3.05) is 19.0 Å². The van der Waals surface area contributed by atoms with Crippen LogP contribution in [0.2, 0.25) is 0 Å². The fraction of sp³-hybridized carbons (Fsp3) is 0.316. The molecule has 0 heterocycles. The summed E-state index contributed by atoms with van der Waals surface area (Å²) in [6.45, 7) is 5.98. The Morgan fingerprint density at radius 2 is 1.77 bits per heavy atom. The van der Waals surface area contributed by atoms with Gasteiger partial charge >= 0.3 is 0 Å². The van der Waals surface area contributed by atoms with Crippen molar-refractivity contribution in [2.24, 2.45) is 0 Å². The lowest BCUT2D eigenvalue weighted by Crippen LogP contribution is -2.21. The topological polar surface area (TPSA) is 84.5 Å². The molecular formula is C19H24N2O4S. The van der Waals surface area contributed by atoms with Crippen LogP contribution in [0.4, 0.5) is 5.69 Å². The summed E-state index contributed by atoms with van der Waals surface area (Å²) in [5.74, 6) is 0.673. The van der Waals surface area contributed by atoms with Gasteiger partial charge in [0.25, 0.3) is 5.91 Å². The van der Waals surface area contributed by atoms with E-state index in [1.807, 2.05) is 25.1 Å². The summed E-state index contributed by atoms with van der Waals surface area (Å²) in [6.07, 6.45) is 0. The molecule has 0 atom stereocenters. The minimum absolute atomic E-state index is 0.125. The molecule has 1 amide bonds. The largest absolute Gasteiger partial charge is 0.483 e. The van der Waals surface area contributed by atoms with E-state index in [9.17, 15) is 13.2 Å². The Labute approximate surface area is 154 Å². The summed E-state index contributed by atoms with van der Waals surface area (Å²) in [5.41, 5.74) is 2.61. The first-order valence-electron chi connectivity index (χ1n) is 8.29. The quantitative estimate of drug-likeness (QED) is 0.778. The highest BCUT2D eigenvalue weighted by atomic mass is 32.2. The molecule has 0 saturated carbocycles. The summed E-state index contributed by atoms with van der Waals surface area (Å²) in [4.78, 5) is 12.3. The maximum absolute atomic E-state index is 12.1. The first-order chi connectivity index (χ1) is 12.2. The number of benzene rings is 2. The molecule has 0 fully saturated rings. The van der Waals surface area contributed by atoms with E-state index in [4.69, 9.17) is 4.74 Å². The first-order valence-corrected chi connectivity index (χ1v) is 9.78. The lowest BCUT2D eigenvalue weighted by Gasteiger charge is -2.15. The van der Waals surface area contributed by atoms with E-state index in [1.54, 1.807) is 0 Å². The van der Waals surface area contributed by atoms with Gasteiger partial charge in [-0.15, -0.1) is 0 Å². The summed E-state index contributed by atoms with van der Waals surface area (Å²) < 4.78 is 31.3. The van der Waals surface area contributed by atoms with E-state index in [0.29, 0.717) is 11.4 Å². The molecule has 26 heavy (non-hydrogen) atoms. The van der Waals surface area contributed by atoms with E-state index in [-0.39, 0.29) is 23.3 Å². The molecule has 0 aliphatic rings. The molecule has 2 N–H and O–H groups in total. The number of hydrogen-bond donors (Lipinski definition) is 2. The van der Waals surface area contributed by atoms with Crippen LogP contribution in [0, 0.1) is 6.92 Å². The third kappa shape index (κ3) is 5.06. The minimum atomic E-state index is -3.49. The predicted molar refractivity (Wildman–Crippen MR) is 102 cm³/mol. The third-order valence-corrected chi connectivity index (χ3v) is 5.30. The van der Waals surface area contributed by atoms with Crippen molar-refractivity contribution in [3.8, 4) is 5.75 Å². The highest BCUT2D eigenvalue weighted by Crippen LogP contribution is 2.27. The molecule has 0 aliphatic carbocycles. The van der Waals surface area contributed by atoms with Gasteiger partial charge in [0.1, 0.15) is 5.75 Å². The Hall–Kier alpha value is -2.38. The van der Waals surface area contributed by atoms with Gasteiger partial charge in [-0.2, -0.15) is 0 Å². The summed E-state index contributed by atoms with van der Waals surface area (Å²) >= 11 is 0. The van der Waals surface area contributed by atoms with Gasteiger partial charge < -0.3 is 10.1 Å². The van der Waals surface area contributed by atoms with Crippen LogP contribution in [0.5, 0.6) is 5.75 Å². The number of hydrogen-bond acceptors (Lipinski definition) is 4. The first kappa shape index (κ1) is 19.9. The zero-order valence-electron chi connectivity index (χ0n) is 15.4. The van der Waals surface area contributed by atoms with E-state index in [0.717, 1.165) is 11.1 Å². The molecule has 0 aliphatic heterocycles. The minimum Gasteiger partial charge on any atom is -0.483 e. The Morgan fingerprint density at radius 3 is 2.35 bits per heavy atom. The molecule has 0 bridgehead atoms. The number of rotatable bonds is 7. The van der Waals surface area contributed by atoms with Gasteiger partial charge in [0, 0.05) is 5.69 Å². The zero-order chi connectivity index (χ0) is 19.3. The molecule has 2 rings (SSSR count). The molecule has 0 unspecified atom stereocenters. The van der Waals surface area contributed by atoms with Crippen molar-refractivity contribution in [3.63, 3.8) is 0 Å². The van der Waals surface area contributed by atoms with Crippen LogP contribution in [0.25, 0.3) is 0 Å². The molecule has 2 aromatic carbocycles. The summed E-state index contributed by atoms with van der Waals surface area (Å²) in [6, 6.07) is 11.9. The summed E-state index contributed by atoms with van der Waals surface area (Å²) in [7, 11) is -2.15. The van der Waals surface area contributed by atoms with Crippen molar-refractivity contribution in [1.29, 1.82) is 0 Å². The van der Waals surface area contributed by atoms with E-state index in [1.165, 1.54) is 31.3 Å². The maximum atomic E-state index is 12.1. The van der Waals surface area contributed by atoms with Crippen molar-refractivity contribution in [3.05, 3.63) is 53.6 Å². The van der Waals surface area contributed by atoms with Gasteiger partial charge in [0.2, 0.25) is 10.0 Å². The van der Waals surface area contributed by atoms with Crippen molar-refractivity contribution < 1.29 is 17.9 Å². The number of anilines is 1. The highest BCUT2D eigenvalue weighted by molar-refractivity contribution is 7.89. The average Bonchev–Trinajstić information content (AvgIpc) is 2.60. The van der Waals surface area contributed by atoms with Crippen LogP contribution in [-0.2, 0) is 14.8 Å². The normalized spacial score (nSPS) is 11.4. The number of amides is 1. The average molecular weight is 376 g/mol. The standard InChI is InChI=1S/C19H24N2O4S/c1-13(2)17-10-5-14(3)11-18(17)25-12-19(22)21-15-6-8-16(9-7-15)26(23,24)20-4/h5-11,13,20H,12H2,1-4H3,(H,21,22). The molecule has 140 valence electrons. The zero-order valence-corrected chi connectivity index (χ0v) is 16.2. The van der Waals surface area contributed by atoms with Crippen LogP contribution in [0.15, 0.2) is 47.4 Å². The second-order valence-corrected chi connectivity index (χ2v) is 8.15. The van der Waals surface area contributed by atoms with Crippen molar-refractivity contribution >= 4 is 21.6 Å². The Kier molecular flexibility index (Phi) is 6.39. The molecule has 0 saturated heterocycles. The van der Waals surface area contributed by atoms with E-state index < -0.39 is 10.0 Å². The van der Waals surface area contributed by atoms with Crippen LogP contribution < -0.4 is 14.8 Å². The van der Waals surface area contributed by atoms with Gasteiger partial charge in [0.05, 0.1) is 4.90 Å². The molecular weight excluding hydrogens is 352 g/mol. The third-order valence-electron chi connectivity index (χ3n) is 3.87. The fourth-order valence-electron chi connectivity index (χ4n) is 2.42. The monoisotopic (exact) mass is 376 g/mol. The van der Waals surface area contributed by atoms with E-state index in [2.05, 4.69) is 23.9 Å². The number of carbonyl (C=O) groups is 1. The second-order valence-electron chi connectivity index (χ2n) is 6.26. The lowest BCUT2D eigenvalue weighted by atomic mass is 10.0. The van der Waals surface area contributed by atoms with Crippen LogP contribution in [-0.4, -0.2) is 28.0 Å². The maximum Gasteiger partial charge on any atom is 0.262 e. The molecule has 0 spiro atoms. The Bertz CT molecular complexity index is 875. The number of ether oxygens (including phenoxy) is 1. The fourth-order valence-corrected chi connectivity index (χ4v) is 3.15. The van der Waals surface area contributed by atoms with Gasteiger partial charge in [-0.25, -0.2) is 13.1 Å². The lowest BCUT2D eigenvalue weighted by molar-refractivity contribution is -0.118. The number of sulfonamides is 1. The number of carbonyl (C=O) groups excluding carboxylic acids is 1. The smallest absolute Gasteiger partial charge is 0.262 e. The molecule has 0 aromatic heterocycles. The summed E-state index contributed by atoms with van der Waals surface area (Å²) in [5, 5.41) is 2.69. The molecule has 7 heteroatoms. The van der Waals surface area contributed by atoms with Gasteiger partial charge in [-0.3, -0.25) is 4.79 Å². The Balaban J connectivity index is 2.01. The van der Waals surface area contributed by atoms with Crippen LogP contribution >= 0.6 is 0 Å². The highest BCUT2D eigenvalue weighted by Gasteiger charge is 2.12. The van der Waals surface area contributed by atoms with Crippen LogP contribution in [0.1, 0.15) is 30.9 Å². The molecule has 2 aromatic rings. The number of nitrogens with one attached hydrogen (secondary N) is 2. The SMILES string of the molecule is CNS(=O)(=O)c1ccc(NC(=O)COc2cc(C)ccc2C(C)C)cc1. The Morgan fingerprint density at radius 1 is 1.12 bits per heavy atom. The van der Waals surface area contributed by atoms with Gasteiger partial charge in [-0.05, 0) is 61.3 Å². The van der Waals surface area contributed by atoms with E-state index >= 15 is 0 Å². The number of aryl methyl sites for hydroxylation is 1. The van der Waals surface area contributed by atoms with Gasteiger partial charge in [0.15, 0.2) is 6.61 Å². The van der Waals surface area contributed by atoms with Crippen molar-refractivity contribution in [1.82, 2.24) is 4.72 Å². The van der Waals surface area contributed by atoms with Gasteiger partial charge in [-0.1, -0.05) is 26.0 Å². The van der Waals surface area contributed by atoms with Crippen LogP contribution in [0.3, 0.4) is 0 Å². The second kappa shape index (κ2) is 8.33. The predicted octanol–water partition coefficient (Wildman–Crippen LogP) is 3.04. The molecule has 6 nitrogen and oxygen atoms in total. The van der Waals surface area contributed by atoms with Crippen molar-refractivity contribution in [2.45, 2.75) is 31.6 Å². The molecule has 0 radical (unpaired) electrons.